The Balaban J connectivity index is 1.50. The van der Waals surface area contributed by atoms with Crippen LogP contribution >= 0.6 is 0 Å². The molecule has 1 N–H and O–H groups in total. The van der Waals surface area contributed by atoms with Gasteiger partial charge in [0.15, 0.2) is 0 Å². The van der Waals surface area contributed by atoms with Crippen molar-refractivity contribution >= 4 is 10.0 Å². The summed E-state index contributed by atoms with van der Waals surface area (Å²) in [6.45, 7) is 2.55. The highest BCUT2D eigenvalue weighted by atomic mass is 32.2. The largest absolute Gasteiger partial charge is 0.488 e. The molecule has 1 saturated carbocycles. The molecule has 1 aliphatic heterocycles. The van der Waals surface area contributed by atoms with Crippen molar-refractivity contribution in [2.24, 2.45) is 11.8 Å². The van der Waals surface area contributed by atoms with Crippen LogP contribution in [0.4, 0.5) is 4.39 Å². The van der Waals surface area contributed by atoms with Crippen LogP contribution < -0.4 is 4.74 Å². The van der Waals surface area contributed by atoms with Crippen LogP contribution in [0.1, 0.15) is 19.3 Å². The van der Waals surface area contributed by atoms with Crippen molar-refractivity contribution in [2.75, 3.05) is 39.5 Å². The molecule has 1 aromatic carbocycles. The number of aliphatic hydroxyl groups is 1. The molecule has 8 heteroatoms. The molecule has 2 fully saturated rings. The lowest BCUT2D eigenvalue weighted by atomic mass is 9.78. The van der Waals surface area contributed by atoms with Crippen LogP contribution in [0.15, 0.2) is 24.3 Å². The van der Waals surface area contributed by atoms with E-state index in [9.17, 15) is 17.9 Å². The standard InChI is InChI=1S/C19H29FN2O4S/c1-21(2)27(24,25)9-3-8-22-12-14-10-18(23)19(11-15(14)13-22)26-17-6-4-16(20)5-7-17/h4-7,14-15,18-19,23H,3,8-13H2,1-2H3/t14-,15+,18+,19+/m0/s1. The molecule has 1 saturated heterocycles. The molecule has 0 spiro atoms. The molecular formula is C19H29FN2O4S. The molecule has 1 aromatic rings. The summed E-state index contributed by atoms with van der Waals surface area (Å²) >= 11 is 0. The molecule has 3 rings (SSSR count). The van der Waals surface area contributed by atoms with Gasteiger partial charge in [-0.2, -0.15) is 0 Å². The van der Waals surface area contributed by atoms with Gasteiger partial charge < -0.3 is 14.7 Å². The fourth-order valence-electron chi connectivity index (χ4n) is 4.14. The minimum atomic E-state index is -3.15. The van der Waals surface area contributed by atoms with Crippen LogP contribution in [0.2, 0.25) is 0 Å². The van der Waals surface area contributed by atoms with Gasteiger partial charge in [0.25, 0.3) is 0 Å². The monoisotopic (exact) mass is 400 g/mol. The van der Waals surface area contributed by atoms with Gasteiger partial charge >= 0.3 is 0 Å². The molecule has 2 aliphatic rings. The third-order valence-electron chi connectivity index (χ3n) is 5.69. The Hall–Kier alpha value is -1.22. The van der Waals surface area contributed by atoms with Crippen molar-refractivity contribution in [1.29, 1.82) is 0 Å². The second-order valence-corrected chi connectivity index (χ2v) is 10.2. The summed E-state index contributed by atoms with van der Waals surface area (Å²) in [5.74, 6) is 1.27. The first-order chi connectivity index (χ1) is 12.7. The first-order valence-electron chi connectivity index (χ1n) is 9.47. The highest BCUT2D eigenvalue weighted by Crippen LogP contribution is 2.38. The first kappa shape index (κ1) is 20.5. The molecule has 1 heterocycles. The number of fused-ring (bicyclic) bond motifs is 1. The van der Waals surface area contributed by atoms with E-state index in [1.54, 1.807) is 26.2 Å². The van der Waals surface area contributed by atoms with Crippen molar-refractivity contribution in [3.05, 3.63) is 30.1 Å². The average Bonchev–Trinajstić information content (AvgIpc) is 2.98. The minimum absolute atomic E-state index is 0.158. The Morgan fingerprint density at radius 3 is 2.44 bits per heavy atom. The van der Waals surface area contributed by atoms with Gasteiger partial charge in [-0.25, -0.2) is 17.1 Å². The Morgan fingerprint density at radius 2 is 1.81 bits per heavy atom. The maximum absolute atomic E-state index is 13.0. The summed E-state index contributed by atoms with van der Waals surface area (Å²) in [5, 5.41) is 10.5. The lowest BCUT2D eigenvalue weighted by Crippen LogP contribution is -2.42. The molecule has 4 atom stereocenters. The van der Waals surface area contributed by atoms with Crippen molar-refractivity contribution in [3.63, 3.8) is 0 Å². The van der Waals surface area contributed by atoms with Gasteiger partial charge in [0.2, 0.25) is 10.0 Å². The third-order valence-corrected chi connectivity index (χ3v) is 7.61. The third kappa shape index (κ3) is 5.19. The number of ether oxygens (including phenoxy) is 1. The van der Waals surface area contributed by atoms with E-state index in [0.717, 1.165) is 26.1 Å². The summed E-state index contributed by atoms with van der Waals surface area (Å²) in [6, 6.07) is 5.87. The van der Waals surface area contributed by atoms with Gasteiger partial charge in [0.1, 0.15) is 17.7 Å². The van der Waals surface area contributed by atoms with E-state index >= 15 is 0 Å². The zero-order valence-corrected chi connectivity index (χ0v) is 16.7. The van der Waals surface area contributed by atoms with E-state index in [1.807, 2.05) is 0 Å². The van der Waals surface area contributed by atoms with Gasteiger partial charge in [-0.1, -0.05) is 0 Å². The van der Waals surface area contributed by atoms with Crippen molar-refractivity contribution < 1.29 is 22.7 Å². The summed E-state index contributed by atoms with van der Waals surface area (Å²) < 4.78 is 43.9. The van der Waals surface area contributed by atoms with E-state index < -0.39 is 16.1 Å². The van der Waals surface area contributed by atoms with Crippen molar-refractivity contribution in [3.8, 4) is 5.75 Å². The fourth-order valence-corrected chi connectivity index (χ4v) is 5.00. The Morgan fingerprint density at radius 1 is 1.19 bits per heavy atom. The van der Waals surface area contributed by atoms with E-state index in [1.165, 1.54) is 16.4 Å². The quantitative estimate of drug-likeness (QED) is 0.752. The Bertz CT molecular complexity index is 726. The van der Waals surface area contributed by atoms with Gasteiger partial charge in [-0.15, -0.1) is 0 Å². The zero-order chi connectivity index (χ0) is 19.6. The molecule has 1 aliphatic carbocycles. The molecule has 152 valence electrons. The second-order valence-electron chi connectivity index (χ2n) is 7.88. The van der Waals surface area contributed by atoms with E-state index in [0.29, 0.717) is 30.4 Å². The Kier molecular flexibility index (Phi) is 6.40. The number of nitrogens with zero attached hydrogens (tertiary/aromatic N) is 2. The van der Waals surface area contributed by atoms with Crippen LogP contribution in [0.3, 0.4) is 0 Å². The highest BCUT2D eigenvalue weighted by molar-refractivity contribution is 7.89. The molecule has 0 bridgehead atoms. The second kappa shape index (κ2) is 8.43. The van der Waals surface area contributed by atoms with Crippen LogP contribution in [0.5, 0.6) is 5.75 Å². The zero-order valence-electron chi connectivity index (χ0n) is 15.9. The maximum atomic E-state index is 13.0. The molecular weight excluding hydrogens is 371 g/mol. The van der Waals surface area contributed by atoms with Crippen LogP contribution in [-0.4, -0.2) is 74.4 Å². The number of hydrogen-bond donors (Lipinski definition) is 1. The lowest BCUT2D eigenvalue weighted by Gasteiger charge is -2.35. The van der Waals surface area contributed by atoms with Gasteiger partial charge in [0.05, 0.1) is 11.9 Å². The van der Waals surface area contributed by atoms with Crippen LogP contribution in [0.25, 0.3) is 0 Å². The van der Waals surface area contributed by atoms with Gasteiger partial charge in [-0.3, -0.25) is 0 Å². The van der Waals surface area contributed by atoms with E-state index in [4.69, 9.17) is 4.74 Å². The summed E-state index contributed by atoms with van der Waals surface area (Å²) in [5.41, 5.74) is 0. The number of benzene rings is 1. The highest BCUT2D eigenvalue weighted by Gasteiger charge is 2.42. The Labute approximate surface area is 161 Å². The van der Waals surface area contributed by atoms with Crippen LogP contribution in [0, 0.1) is 17.7 Å². The molecule has 0 radical (unpaired) electrons. The summed E-state index contributed by atoms with van der Waals surface area (Å²) in [6.07, 6.45) is 1.23. The van der Waals surface area contributed by atoms with Gasteiger partial charge in [-0.05, 0) is 61.9 Å². The molecule has 0 aromatic heterocycles. The van der Waals surface area contributed by atoms with E-state index in [-0.39, 0.29) is 17.7 Å². The lowest BCUT2D eigenvalue weighted by molar-refractivity contribution is -0.0231. The van der Waals surface area contributed by atoms with Crippen molar-refractivity contribution in [1.82, 2.24) is 9.21 Å². The smallest absolute Gasteiger partial charge is 0.213 e. The predicted octanol–water partition coefficient (Wildman–Crippen LogP) is 1.56. The number of halogens is 1. The normalized spacial score (nSPS) is 29.1. The topological polar surface area (TPSA) is 70.1 Å². The maximum Gasteiger partial charge on any atom is 0.213 e. The SMILES string of the molecule is CN(C)S(=O)(=O)CCCN1C[C@H]2C[C@@H](Oc3ccc(F)cc3)[C@H](O)C[C@H]2C1. The molecule has 27 heavy (non-hydrogen) atoms. The minimum Gasteiger partial charge on any atom is -0.488 e. The molecule has 0 unspecified atom stereocenters. The van der Waals surface area contributed by atoms with Crippen LogP contribution in [-0.2, 0) is 10.0 Å². The summed E-state index contributed by atoms with van der Waals surface area (Å²) in [4.78, 5) is 2.30. The molecule has 6 nitrogen and oxygen atoms in total. The number of rotatable bonds is 7. The van der Waals surface area contributed by atoms with E-state index in [2.05, 4.69) is 4.90 Å². The average molecular weight is 401 g/mol. The fraction of sp³-hybridized carbons (Fsp3) is 0.684. The van der Waals surface area contributed by atoms with Crippen molar-refractivity contribution in [2.45, 2.75) is 31.5 Å². The summed E-state index contributed by atoms with van der Waals surface area (Å²) in [7, 11) is -0.0351. The van der Waals surface area contributed by atoms with Gasteiger partial charge in [0, 0.05) is 27.2 Å². The number of sulfonamides is 1. The number of likely N-dealkylation sites (tertiary alicyclic amines) is 1. The first-order valence-corrected chi connectivity index (χ1v) is 11.1. The number of aliphatic hydroxyl groups excluding tert-OH is 1. The molecule has 0 amide bonds. The number of hydrogen-bond acceptors (Lipinski definition) is 5. The predicted molar refractivity (Wildman–Crippen MR) is 102 cm³/mol.